The van der Waals surface area contributed by atoms with Crippen molar-refractivity contribution >= 4 is 38.2 Å². The molecule has 9 nitrogen and oxygen atoms in total. The number of benzene rings is 3. The van der Waals surface area contributed by atoms with Crippen molar-refractivity contribution in [3.8, 4) is 11.6 Å². The Morgan fingerprint density at radius 3 is 2.42 bits per heavy atom. The highest BCUT2D eigenvalue weighted by Gasteiger charge is 2.15. The third-order valence-corrected chi connectivity index (χ3v) is 6.13. The third-order valence-electron chi connectivity index (χ3n) is 4.73. The van der Waals surface area contributed by atoms with Crippen LogP contribution in [-0.4, -0.2) is 31.0 Å². The van der Waals surface area contributed by atoms with Crippen LogP contribution in [0.2, 0.25) is 0 Å². The number of fused-ring (bicyclic) bond motifs is 1. The molecule has 0 radical (unpaired) electrons. The second-order valence-electron chi connectivity index (χ2n) is 6.96. The first-order valence-corrected chi connectivity index (χ1v) is 11.5. The predicted octanol–water partition coefficient (Wildman–Crippen LogP) is 5.00. The standard InChI is InChI=1S/C23H20N4O5S/c1-2-32-17-11-13-18(14-12-17)33(30,31)27-16-9-7-15(8-10-16)22(28)26-25-21-19-5-3-4-6-20(19)24-23(21)29/h3-14,24,27,29H,2H2,1H3. The molecule has 168 valence electrons. The number of nitrogens with one attached hydrogen (secondary N) is 2. The highest BCUT2D eigenvalue weighted by molar-refractivity contribution is 7.92. The number of hydrogen-bond donors (Lipinski definition) is 3. The molecule has 1 amide bonds. The number of aromatic nitrogens is 1. The number of nitrogens with zero attached hydrogens (tertiary/aromatic N) is 2. The number of rotatable bonds is 7. The smallest absolute Gasteiger partial charge is 0.295 e. The fourth-order valence-corrected chi connectivity index (χ4v) is 4.20. The Bertz CT molecular complexity index is 1430. The number of aromatic hydroxyl groups is 1. The van der Waals surface area contributed by atoms with Gasteiger partial charge < -0.3 is 14.8 Å². The van der Waals surface area contributed by atoms with Crippen LogP contribution in [-0.2, 0) is 10.0 Å². The number of aromatic amines is 1. The van der Waals surface area contributed by atoms with Gasteiger partial charge in [0.2, 0.25) is 5.88 Å². The Labute approximate surface area is 189 Å². The van der Waals surface area contributed by atoms with Crippen LogP contribution in [0.3, 0.4) is 0 Å². The molecule has 0 atom stereocenters. The second-order valence-corrected chi connectivity index (χ2v) is 8.64. The normalized spacial score (nSPS) is 11.7. The van der Waals surface area contributed by atoms with E-state index in [2.05, 4.69) is 19.9 Å². The van der Waals surface area contributed by atoms with Crippen molar-refractivity contribution in [3.05, 3.63) is 78.4 Å². The quantitative estimate of drug-likeness (QED) is 0.331. The minimum Gasteiger partial charge on any atom is -0.494 e. The summed E-state index contributed by atoms with van der Waals surface area (Å²) in [6.45, 7) is 2.33. The molecule has 0 saturated carbocycles. The molecule has 0 bridgehead atoms. The van der Waals surface area contributed by atoms with Gasteiger partial charge in [0, 0.05) is 16.6 Å². The van der Waals surface area contributed by atoms with E-state index in [9.17, 15) is 18.3 Å². The Hall–Kier alpha value is -4.18. The molecule has 0 spiro atoms. The van der Waals surface area contributed by atoms with Crippen molar-refractivity contribution in [2.75, 3.05) is 11.3 Å². The molecule has 0 aliphatic carbocycles. The molecule has 1 heterocycles. The number of ether oxygens (including phenoxy) is 1. The molecule has 1 aromatic heterocycles. The van der Waals surface area contributed by atoms with Crippen LogP contribution >= 0.6 is 0 Å². The van der Waals surface area contributed by atoms with Gasteiger partial charge in [-0.05, 0) is 61.5 Å². The molecule has 0 aliphatic rings. The van der Waals surface area contributed by atoms with Gasteiger partial charge in [0.25, 0.3) is 15.9 Å². The van der Waals surface area contributed by atoms with E-state index in [0.29, 0.717) is 23.3 Å². The van der Waals surface area contributed by atoms with Gasteiger partial charge in [-0.25, -0.2) is 8.42 Å². The number of carbonyl (C=O) groups is 1. The van der Waals surface area contributed by atoms with E-state index < -0.39 is 15.9 Å². The lowest BCUT2D eigenvalue weighted by Crippen LogP contribution is -2.13. The molecule has 0 saturated heterocycles. The molecule has 10 heteroatoms. The van der Waals surface area contributed by atoms with Crippen LogP contribution < -0.4 is 9.46 Å². The maximum absolute atomic E-state index is 12.6. The number of azo groups is 1. The van der Waals surface area contributed by atoms with Gasteiger partial charge in [0.1, 0.15) is 5.75 Å². The number of carbonyl (C=O) groups excluding carboxylic acids is 1. The molecule has 0 aliphatic heterocycles. The Morgan fingerprint density at radius 1 is 1.03 bits per heavy atom. The second kappa shape index (κ2) is 9.13. The first-order chi connectivity index (χ1) is 15.9. The summed E-state index contributed by atoms with van der Waals surface area (Å²) in [6, 6.07) is 18.9. The van der Waals surface area contributed by atoms with Crippen LogP contribution in [0.25, 0.3) is 10.9 Å². The lowest BCUT2D eigenvalue weighted by atomic mass is 10.2. The van der Waals surface area contributed by atoms with E-state index >= 15 is 0 Å². The van der Waals surface area contributed by atoms with Gasteiger partial charge in [-0.3, -0.25) is 9.52 Å². The van der Waals surface area contributed by atoms with Crippen LogP contribution in [0.1, 0.15) is 17.3 Å². The molecular weight excluding hydrogens is 444 g/mol. The highest BCUT2D eigenvalue weighted by atomic mass is 32.2. The first-order valence-electron chi connectivity index (χ1n) is 9.99. The number of amides is 1. The van der Waals surface area contributed by atoms with Crippen molar-refractivity contribution in [3.63, 3.8) is 0 Å². The van der Waals surface area contributed by atoms with E-state index in [4.69, 9.17) is 4.74 Å². The van der Waals surface area contributed by atoms with E-state index in [1.807, 2.05) is 6.92 Å². The average molecular weight is 465 g/mol. The first kappa shape index (κ1) is 22.0. The number of H-pyrrole nitrogens is 1. The monoisotopic (exact) mass is 464 g/mol. The minimum absolute atomic E-state index is 0.0819. The zero-order chi connectivity index (χ0) is 23.4. The summed E-state index contributed by atoms with van der Waals surface area (Å²) in [6.07, 6.45) is 0. The largest absolute Gasteiger partial charge is 0.494 e. The van der Waals surface area contributed by atoms with E-state index in [1.165, 1.54) is 36.4 Å². The fourth-order valence-electron chi connectivity index (χ4n) is 3.14. The topological polar surface area (TPSA) is 133 Å². The number of sulfonamides is 1. The molecule has 4 aromatic rings. The van der Waals surface area contributed by atoms with Gasteiger partial charge >= 0.3 is 0 Å². The molecular formula is C23H20N4O5S. The molecule has 3 aromatic carbocycles. The van der Waals surface area contributed by atoms with Gasteiger partial charge in [-0.2, -0.15) is 0 Å². The van der Waals surface area contributed by atoms with Gasteiger partial charge in [0.05, 0.1) is 17.0 Å². The van der Waals surface area contributed by atoms with Crippen molar-refractivity contribution in [2.45, 2.75) is 11.8 Å². The van der Waals surface area contributed by atoms with E-state index in [-0.39, 0.29) is 27.7 Å². The van der Waals surface area contributed by atoms with Gasteiger partial charge in [-0.1, -0.05) is 18.2 Å². The predicted molar refractivity (Wildman–Crippen MR) is 124 cm³/mol. The summed E-state index contributed by atoms with van der Waals surface area (Å²) in [5, 5.41) is 18.2. The summed E-state index contributed by atoms with van der Waals surface area (Å²) in [5.41, 5.74) is 1.33. The molecule has 4 rings (SSSR count). The van der Waals surface area contributed by atoms with E-state index in [1.54, 1.807) is 36.4 Å². The summed E-state index contributed by atoms with van der Waals surface area (Å²) in [7, 11) is -3.81. The molecule has 33 heavy (non-hydrogen) atoms. The number of anilines is 1. The summed E-state index contributed by atoms with van der Waals surface area (Å²) in [4.78, 5) is 15.2. The van der Waals surface area contributed by atoms with Crippen molar-refractivity contribution in [2.24, 2.45) is 10.2 Å². The Balaban J connectivity index is 1.46. The van der Waals surface area contributed by atoms with Crippen molar-refractivity contribution in [1.82, 2.24) is 4.98 Å². The number of para-hydroxylation sites is 1. The maximum Gasteiger partial charge on any atom is 0.295 e. The summed E-state index contributed by atoms with van der Waals surface area (Å²) < 4.78 is 32.9. The lowest BCUT2D eigenvalue weighted by Gasteiger charge is -2.09. The molecule has 0 unspecified atom stereocenters. The van der Waals surface area contributed by atoms with Crippen LogP contribution in [0.15, 0.2) is 87.9 Å². The van der Waals surface area contributed by atoms with Crippen LogP contribution in [0.4, 0.5) is 11.4 Å². The van der Waals surface area contributed by atoms with Crippen LogP contribution in [0, 0.1) is 0 Å². The van der Waals surface area contributed by atoms with E-state index in [0.717, 1.165) is 0 Å². The minimum atomic E-state index is -3.81. The van der Waals surface area contributed by atoms with Gasteiger partial charge in [-0.15, -0.1) is 10.2 Å². The molecule has 0 fully saturated rings. The third kappa shape index (κ3) is 4.85. The SMILES string of the molecule is CCOc1ccc(S(=O)(=O)Nc2ccc(C(=O)N=Nc3c(O)[nH]c4ccccc34)cc2)cc1. The van der Waals surface area contributed by atoms with Crippen molar-refractivity contribution in [1.29, 1.82) is 0 Å². The zero-order valence-electron chi connectivity index (χ0n) is 17.5. The number of hydrogen-bond acceptors (Lipinski definition) is 6. The molecule has 3 N–H and O–H groups in total. The van der Waals surface area contributed by atoms with Gasteiger partial charge in [0.15, 0.2) is 5.69 Å². The lowest BCUT2D eigenvalue weighted by molar-refractivity contribution is 0.0995. The maximum atomic E-state index is 12.6. The average Bonchev–Trinajstić information content (AvgIpc) is 3.13. The Kier molecular flexibility index (Phi) is 6.09. The summed E-state index contributed by atoms with van der Waals surface area (Å²) >= 11 is 0. The van der Waals surface area contributed by atoms with Crippen molar-refractivity contribution < 1.29 is 23.1 Å². The summed E-state index contributed by atoms with van der Waals surface area (Å²) in [5.74, 6) is -0.248. The Morgan fingerprint density at radius 2 is 1.73 bits per heavy atom. The fraction of sp³-hybridized carbons (Fsp3) is 0.0870. The van der Waals surface area contributed by atoms with Crippen LogP contribution in [0.5, 0.6) is 11.6 Å². The zero-order valence-corrected chi connectivity index (χ0v) is 18.3. The highest BCUT2D eigenvalue weighted by Crippen LogP contribution is 2.35.